The molecule has 0 amide bonds. The van der Waals surface area contributed by atoms with Crippen molar-refractivity contribution in [1.82, 2.24) is 5.16 Å². The molecule has 1 aromatic carbocycles. The van der Waals surface area contributed by atoms with Gasteiger partial charge < -0.3 is 14.7 Å². The van der Waals surface area contributed by atoms with E-state index in [4.69, 9.17) is 9.47 Å². The smallest absolute Gasteiger partial charge is 0.414 e. The van der Waals surface area contributed by atoms with E-state index < -0.39 is 26.2 Å². The van der Waals surface area contributed by atoms with Crippen molar-refractivity contribution >= 4 is 27.4 Å². The average molecular weight is 765 g/mol. The minimum atomic E-state index is -4.29. The molecule has 11 nitrogen and oxygen atoms in total. The van der Waals surface area contributed by atoms with Gasteiger partial charge in [0.05, 0.1) is 16.7 Å². The SMILES string of the molecule is CC(=O)O[C@H]1CC[C@]2(C)[C@H]3C(=O)C=C4[C@@H]5C[C@@](C)(C(=O)CCOc6no[n+]([O-])c6S(=O)(=O)c6ccccc6)CC[C@]5(C)CC[C@@]4(C)[C@]3(C)CC[C@H]2C1(C)C. The van der Waals surface area contributed by atoms with Gasteiger partial charge in [-0.1, -0.05) is 72.2 Å². The van der Waals surface area contributed by atoms with Crippen molar-refractivity contribution in [3.05, 3.63) is 47.2 Å². The van der Waals surface area contributed by atoms with Crippen LogP contribution < -0.4 is 9.64 Å². The molecule has 7 rings (SSSR count). The molecule has 0 unspecified atom stereocenters. The molecule has 5 aliphatic rings. The van der Waals surface area contributed by atoms with Gasteiger partial charge in [0.15, 0.2) is 5.78 Å². The number of esters is 1. The van der Waals surface area contributed by atoms with E-state index in [1.807, 2.05) is 13.0 Å². The van der Waals surface area contributed by atoms with Crippen molar-refractivity contribution in [2.75, 3.05) is 6.61 Å². The lowest BCUT2D eigenvalue weighted by Crippen LogP contribution is -2.66. The Morgan fingerprint density at radius 3 is 2.33 bits per heavy atom. The Kier molecular flexibility index (Phi) is 9.14. The summed E-state index contributed by atoms with van der Waals surface area (Å²) in [6.07, 6.45) is 9.49. The number of nitrogens with zero attached hydrogens (tertiary/aromatic N) is 2. The Balaban J connectivity index is 1.12. The molecule has 0 aliphatic heterocycles. The van der Waals surface area contributed by atoms with Crippen LogP contribution in [0.25, 0.3) is 0 Å². The number of fused-ring (bicyclic) bond motifs is 7. The third-order valence-corrected chi connectivity index (χ3v) is 17.6. The largest absolute Gasteiger partial charge is 0.462 e. The van der Waals surface area contributed by atoms with Gasteiger partial charge in [-0.15, -0.1) is 0 Å². The number of hydrogen-bond donors (Lipinski definition) is 0. The Labute approximate surface area is 319 Å². The summed E-state index contributed by atoms with van der Waals surface area (Å²) in [5.41, 5.74) is -0.480. The number of Topliss-reactive ketones (excluding diaryl/α,β-unsaturated/α-hetero) is 1. The minimum absolute atomic E-state index is 0.00459. The molecule has 1 aromatic heterocycles. The summed E-state index contributed by atoms with van der Waals surface area (Å²) >= 11 is 0. The van der Waals surface area contributed by atoms with Crippen LogP contribution in [0.5, 0.6) is 5.88 Å². The first-order valence-electron chi connectivity index (χ1n) is 19.6. The first kappa shape index (κ1) is 38.7. The molecular formula is C42H56N2O9S. The van der Waals surface area contributed by atoms with Crippen molar-refractivity contribution in [2.45, 2.75) is 136 Å². The normalized spacial score (nSPS) is 38.5. The number of carbonyl (C=O) groups is 3. The van der Waals surface area contributed by atoms with Crippen LogP contribution in [-0.2, 0) is 29.0 Å². The van der Waals surface area contributed by atoms with Gasteiger partial charge in [0.1, 0.15) is 11.9 Å². The van der Waals surface area contributed by atoms with E-state index in [1.54, 1.807) is 18.2 Å². The summed E-state index contributed by atoms with van der Waals surface area (Å²) in [6.45, 7) is 17.2. The van der Waals surface area contributed by atoms with Crippen LogP contribution in [0, 0.1) is 55.5 Å². The lowest BCUT2D eigenvalue weighted by atomic mass is 9.33. The van der Waals surface area contributed by atoms with E-state index in [0.717, 1.165) is 44.9 Å². The van der Waals surface area contributed by atoms with Gasteiger partial charge in [-0.3, -0.25) is 19.0 Å². The molecule has 0 spiro atoms. The fraction of sp³-hybridized carbons (Fsp3) is 0.690. The van der Waals surface area contributed by atoms with E-state index in [2.05, 4.69) is 51.3 Å². The average Bonchev–Trinajstić information content (AvgIpc) is 3.48. The van der Waals surface area contributed by atoms with Gasteiger partial charge in [-0.25, -0.2) is 8.42 Å². The standard InChI is InChI=1S/C42H56N2O9S/c1-26(45)52-33-15-17-40(6)31(37(33,2)3)14-18-42(8)34(40)30(46)24-28-29-25-39(5,20-19-38(29,4)21-22-41(28,42)7)32(47)16-23-51-35-36(44(48)53-43-35)54(49,50)27-12-10-9-11-13-27/h9-13,24,29,31,33-34H,14-23,25H2,1-8H3/t29-,31-,33-,34+,38+,39-,40-,41+,42+/m0/s1. The first-order chi connectivity index (χ1) is 25.1. The molecule has 9 atom stereocenters. The van der Waals surface area contributed by atoms with Gasteiger partial charge in [0, 0.05) is 30.1 Å². The van der Waals surface area contributed by atoms with Crippen LogP contribution in [0.15, 0.2) is 56.5 Å². The van der Waals surface area contributed by atoms with E-state index >= 15 is 0 Å². The predicted octanol–water partition coefficient (Wildman–Crippen LogP) is 7.39. The molecule has 294 valence electrons. The first-order valence-corrected chi connectivity index (χ1v) is 21.1. The van der Waals surface area contributed by atoms with Crippen molar-refractivity contribution < 1.29 is 41.8 Å². The topological polar surface area (TPSA) is 157 Å². The van der Waals surface area contributed by atoms with Crippen LogP contribution in [0.2, 0.25) is 0 Å². The summed E-state index contributed by atoms with van der Waals surface area (Å²) in [7, 11) is -4.29. The van der Waals surface area contributed by atoms with E-state index in [0.29, 0.717) is 12.8 Å². The van der Waals surface area contributed by atoms with Crippen molar-refractivity contribution in [2.24, 2.45) is 50.2 Å². The summed E-state index contributed by atoms with van der Waals surface area (Å²) in [5, 5.41) is 15.2. The van der Waals surface area contributed by atoms with Crippen LogP contribution in [-0.4, -0.2) is 43.8 Å². The molecule has 12 heteroatoms. The molecule has 4 saturated carbocycles. The lowest BCUT2D eigenvalue weighted by Gasteiger charge is -2.70. The number of allylic oxidation sites excluding steroid dienone is 2. The number of benzene rings is 1. The van der Waals surface area contributed by atoms with Crippen molar-refractivity contribution in [3.63, 3.8) is 0 Å². The van der Waals surface area contributed by atoms with Crippen LogP contribution in [0.4, 0.5) is 0 Å². The predicted molar refractivity (Wildman–Crippen MR) is 197 cm³/mol. The second-order valence-electron chi connectivity index (χ2n) is 19.1. The maximum Gasteiger partial charge on any atom is 0.414 e. The fourth-order valence-electron chi connectivity index (χ4n) is 12.6. The highest BCUT2D eigenvalue weighted by molar-refractivity contribution is 7.91. The second-order valence-corrected chi connectivity index (χ2v) is 21.0. The van der Waals surface area contributed by atoms with Gasteiger partial charge in [0.2, 0.25) is 0 Å². The Morgan fingerprint density at radius 2 is 1.65 bits per heavy atom. The van der Waals surface area contributed by atoms with Crippen LogP contribution in [0.1, 0.15) is 120 Å². The monoisotopic (exact) mass is 764 g/mol. The molecule has 0 saturated heterocycles. The Bertz CT molecular complexity index is 2010. The highest BCUT2D eigenvalue weighted by atomic mass is 32.2. The Hall–Kier alpha value is -3.54. The Morgan fingerprint density at radius 1 is 0.963 bits per heavy atom. The van der Waals surface area contributed by atoms with Crippen LogP contribution >= 0.6 is 0 Å². The number of hydrogen-bond acceptors (Lipinski definition) is 10. The van der Waals surface area contributed by atoms with Crippen molar-refractivity contribution in [3.8, 4) is 5.88 Å². The maximum atomic E-state index is 14.8. The zero-order chi connectivity index (χ0) is 39.3. The molecule has 5 aliphatic carbocycles. The highest BCUT2D eigenvalue weighted by Crippen LogP contribution is 2.75. The highest BCUT2D eigenvalue weighted by Gasteiger charge is 2.70. The molecule has 0 N–H and O–H groups in total. The molecular weight excluding hydrogens is 709 g/mol. The number of ketones is 2. The van der Waals surface area contributed by atoms with Gasteiger partial charge >= 0.3 is 16.9 Å². The molecule has 4 fully saturated rings. The summed E-state index contributed by atoms with van der Waals surface area (Å²) < 4.78 is 42.6. The number of sulfone groups is 1. The van der Waals surface area contributed by atoms with E-state index in [-0.39, 0.29) is 91.3 Å². The number of carbonyl (C=O) groups excluding carboxylic acids is 3. The lowest BCUT2D eigenvalue weighted by molar-refractivity contribution is -0.832. The molecule has 0 radical (unpaired) electrons. The van der Waals surface area contributed by atoms with E-state index in [1.165, 1.54) is 24.6 Å². The van der Waals surface area contributed by atoms with Gasteiger partial charge in [-0.05, 0) is 114 Å². The minimum Gasteiger partial charge on any atom is -0.462 e. The number of ether oxygens (including phenoxy) is 2. The number of rotatable bonds is 8. The van der Waals surface area contributed by atoms with Crippen LogP contribution in [0.3, 0.4) is 0 Å². The van der Waals surface area contributed by atoms with Gasteiger partial charge in [-0.2, -0.15) is 0 Å². The zero-order valence-electron chi connectivity index (χ0n) is 33.0. The molecule has 2 aromatic rings. The third-order valence-electron chi connectivity index (χ3n) is 15.9. The quantitative estimate of drug-likeness (QED) is 0.196. The molecule has 1 heterocycles. The summed E-state index contributed by atoms with van der Waals surface area (Å²) in [6, 6.07) is 7.48. The fourth-order valence-corrected chi connectivity index (χ4v) is 13.9. The maximum absolute atomic E-state index is 14.8. The van der Waals surface area contributed by atoms with Crippen molar-refractivity contribution in [1.29, 1.82) is 0 Å². The third kappa shape index (κ3) is 5.61. The molecule has 54 heavy (non-hydrogen) atoms. The van der Waals surface area contributed by atoms with E-state index in [9.17, 15) is 28.0 Å². The molecule has 0 bridgehead atoms. The number of aromatic nitrogens is 2. The second kappa shape index (κ2) is 12.7. The summed E-state index contributed by atoms with van der Waals surface area (Å²) in [4.78, 5) is 40.7. The zero-order valence-corrected chi connectivity index (χ0v) is 33.8. The van der Waals surface area contributed by atoms with Gasteiger partial charge in [0.25, 0.3) is 9.84 Å². The summed E-state index contributed by atoms with van der Waals surface area (Å²) in [5.74, 6) is -0.382.